The van der Waals surface area contributed by atoms with Gasteiger partial charge in [-0.2, -0.15) is 5.10 Å². The van der Waals surface area contributed by atoms with E-state index in [2.05, 4.69) is 0 Å². The predicted octanol–water partition coefficient (Wildman–Crippen LogP) is 4.12. The molecule has 0 saturated carbocycles. The van der Waals surface area contributed by atoms with Crippen LogP contribution in [-0.4, -0.2) is 50.7 Å². The Morgan fingerprint density at radius 3 is 2.48 bits per heavy atom. The Labute approximate surface area is 176 Å². The number of rotatable bonds is 8. The number of carbonyl (C=O) groups is 1. The Morgan fingerprint density at radius 2 is 1.86 bits per heavy atom. The number of carbonyl (C=O) groups excluding carboxylic acids is 1. The summed E-state index contributed by atoms with van der Waals surface area (Å²) < 4.78 is 7.50. The van der Waals surface area contributed by atoms with Crippen molar-refractivity contribution in [2.24, 2.45) is 0 Å². The highest BCUT2D eigenvalue weighted by atomic mass is 32.2. The minimum atomic E-state index is 0.0898. The van der Waals surface area contributed by atoms with E-state index in [0.29, 0.717) is 19.0 Å². The molecule has 154 valence electrons. The average Bonchev–Trinajstić information content (AvgIpc) is 3.06. The molecule has 0 fully saturated rings. The average molecular weight is 413 g/mol. The van der Waals surface area contributed by atoms with Gasteiger partial charge in [-0.25, -0.2) is 9.50 Å². The van der Waals surface area contributed by atoms with Crippen LogP contribution >= 0.6 is 11.8 Å². The van der Waals surface area contributed by atoms with Crippen LogP contribution in [0, 0.1) is 13.8 Å². The van der Waals surface area contributed by atoms with Crippen molar-refractivity contribution in [1.29, 1.82) is 0 Å². The van der Waals surface area contributed by atoms with E-state index in [9.17, 15) is 4.79 Å². The van der Waals surface area contributed by atoms with Gasteiger partial charge in [-0.1, -0.05) is 0 Å². The van der Waals surface area contributed by atoms with E-state index < -0.39 is 0 Å². The highest BCUT2D eigenvalue weighted by Crippen LogP contribution is 2.29. The molecule has 7 heteroatoms. The molecule has 0 spiro atoms. The van der Waals surface area contributed by atoms with E-state index in [1.807, 2.05) is 73.7 Å². The van der Waals surface area contributed by atoms with Crippen LogP contribution < -0.4 is 4.74 Å². The molecule has 0 N–H and O–H groups in total. The first kappa shape index (κ1) is 21.2. The number of benzene rings is 1. The van der Waals surface area contributed by atoms with Crippen molar-refractivity contribution >= 4 is 23.3 Å². The van der Waals surface area contributed by atoms with Crippen molar-refractivity contribution in [1.82, 2.24) is 19.5 Å². The molecule has 1 aromatic carbocycles. The van der Waals surface area contributed by atoms with Crippen LogP contribution in [0.2, 0.25) is 0 Å². The van der Waals surface area contributed by atoms with Crippen LogP contribution in [-0.2, 0) is 11.2 Å². The van der Waals surface area contributed by atoms with Gasteiger partial charge in [0.05, 0.1) is 12.1 Å². The lowest BCUT2D eigenvalue weighted by Gasteiger charge is -2.18. The smallest absolute Gasteiger partial charge is 0.227 e. The molecule has 0 atom stereocenters. The first-order chi connectivity index (χ1) is 14.0. The minimum absolute atomic E-state index is 0.0898. The van der Waals surface area contributed by atoms with Gasteiger partial charge < -0.3 is 9.64 Å². The zero-order chi connectivity index (χ0) is 21.0. The summed E-state index contributed by atoms with van der Waals surface area (Å²) in [5, 5.41) is 4.82. The van der Waals surface area contributed by atoms with Crippen LogP contribution in [0.25, 0.3) is 16.9 Å². The van der Waals surface area contributed by atoms with E-state index in [0.717, 1.165) is 39.6 Å². The Kier molecular flexibility index (Phi) is 6.79. The van der Waals surface area contributed by atoms with E-state index in [1.54, 1.807) is 11.8 Å². The lowest BCUT2D eigenvalue weighted by molar-refractivity contribution is -0.130. The van der Waals surface area contributed by atoms with Gasteiger partial charge in [-0.3, -0.25) is 4.79 Å². The monoisotopic (exact) mass is 412 g/mol. The Hall–Kier alpha value is -2.54. The van der Waals surface area contributed by atoms with Crippen molar-refractivity contribution < 1.29 is 9.53 Å². The molecule has 0 aliphatic carbocycles. The van der Waals surface area contributed by atoms with Gasteiger partial charge in [-0.15, -0.1) is 11.8 Å². The summed E-state index contributed by atoms with van der Waals surface area (Å²) in [5.74, 6) is 1.52. The fraction of sp³-hybridized carbons (Fsp3) is 0.409. The number of amides is 1. The second kappa shape index (κ2) is 9.31. The second-order valence-electron chi connectivity index (χ2n) is 6.92. The number of aryl methyl sites for hydroxylation is 2. The van der Waals surface area contributed by atoms with E-state index >= 15 is 0 Å². The first-order valence-electron chi connectivity index (χ1n) is 9.84. The van der Waals surface area contributed by atoms with Crippen molar-refractivity contribution in [2.45, 2.75) is 34.1 Å². The third-order valence-electron chi connectivity index (χ3n) is 4.91. The van der Waals surface area contributed by atoms with Crippen LogP contribution in [0.1, 0.15) is 30.8 Å². The van der Waals surface area contributed by atoms with Crippen molar-refractivity contribution in [3.05, 3.63) is 47.3 Å². The van der Waals surface area contributed by atoms with E-state index in [4.69, 9.17) is 14.8 Å². The van der Waals surface area contributed by atoms with Gasteiger partial charge in [0, 0.05) is 35.6 Å². The zero-order valence-corrected chi connectivity index (χ0v) is 18.5. The SMILES string of the molecule is CCN(CC)C(=O)Cc1c(-c2ccc(OCSC)cc2)nn2c(C)cc(C)nc12. The molecule has 6 nitrogen and oxygen atoms in total. The molecule has 0 aliphatic rings. The third-order valence-corrected chi connectivity index (χ3v) is 5.26. The maximum atomic E-state index is 12.9. The van der Waals surface area contributed by atoms with Gasteiger partial charge in [0.25, 0.3) is 0 Å². The lowest BCUT2D eigenvalue weighted by atomic mass is 10.0. The van der Waals surface area contributed by atoms with Gasteiger partial charge in [0.1, 0.15) is 11.7 Å². The van der Waals surface area contributed by atoms with Crippen molar-refractivity contribution in [3.63, 3.8) is 0 Å². The summed E-state index contributed by atoms with van der Waals surface area (Å²) in [5.41, 5.74) is 5.27. The summed E-state index contributed by atoms with van der Waals surface area (Å²) in [6.45, 7) is 9.35. The summed E-state index contributed by atoms with van der Waals surface area (Å²) in [4.78, 5) is 19.4. The highest BCUT2D eigenvalue weighted by molar-refractivity contribution is 7.98. The molecule has 1 amide bonds. The number of hydrogen-bond acceptors (Lipinski definition) is 5. The van der Waals surface area contributed by atoms with Crippen LogP contribution in [0.3, 0.4) is 0 Å². The highest BCUT2D eigenvalue weighted by Gasteiger charge is 2.21. The number of hydrogen-bond donors (Lipinski definition) is 0. The number of aromatic nitrogens is 3. The van der Waals surface area contributed by atoms with E-state index in [1.165, 1.54) is 0 Å². The first-order valence-corrected chi connectivity index (χ1v) is 11.2. The number of thioether (sulfide) groups is 1. The fourth-order valence-electron chi connectivity index (χ4n) is 3.44. The number of fused-ring (bicyclic) bond motifs is 1. The Bertz CT molecular complexity index is 994. The number of likely N-dealkylation sites (N-methyl/N-ethyl adjacent to an activating group) is 1. The van der Waals surface area contributed by atoms with Crippen LogP contribution in [0.15, 0.2) is 30.3 Å². The Morgan fingerprint density at radius 1 is 1.17 bits per heavy atom. The molecule has 29 heavy (non-hydrogen) atoms. The second-order valence-corrected chi connectivity index (χ2v) is 7.73. The topological polar surface area (TPSA) is 59.7 Å². The van der Waals surface area contributed by atoms with Crippen LogP contribution in [0.4, 0.5) is 0 Å². The molecule has 2 aromatic heterocycles. The summed E-state index contributed by atoms with van der Waals surface area (Å²) >= 11 is 1.63. The molecule has 0 saturated heterocycles. The Balaban J connectivity index is 2.08. The lowest BCUT2D eigenvalue weighted by Crippen LogP contribution is -2.31. The molecule has 3 aromatic rings. The minimum Gasteiger partial charge on any atom is -0.483 e. The molecule has 0 unspecified atom stereocenters. The summed E-state index contributed by atoms with van der Waals surface area (Å²) in [6.07, 6.45) is 2.28. The molecule has 2 heterocycles. The summed E-state index contributed by atoms with van der Waals surface area (Å²) in [6, 6.07) is 9.86. The number of ether oxygens (including phenoxy) is 1. The largest absolute Gasteiger partial charge is 0.483 e. The number of nitrogens with zero attached hydrogens (tertiary/aromatic N) is 4. The molecule has 0 bridgehead atoms. The van der Waals surface area contributed by atoms with Gasteiger partial charge >= 0.3 is 0 Å². The normalized spacial score (nSPS) is 11.1. The quantitative estimate of drug-likeness (QED) is 0.521. The summed E-state index contributed by atoms with van der Waals surface area (Å²) in [7, 11) is 0. The van der Waals surface area contributed by atoms with Crippen LogP contribution in [0.5, 0.6) is 5.75 Å². The van der Waals surface area contributed by atoms with Gasteiger partial charge in [-0.05, 0) is 64.3 Å². The third kappa shape index (κ3) is 4.56. The molecular weight excluding hydrogens is 384 g/mol. The molecule has 3 rings (SSSR count). The molecule has 0 radical (unpaired) electrons. The molecule has 0 aliphatic heterocycles. The van der Waals surface area contributed by atoms with Gasteiger partial charge in [0.15, 0.2) is 5.65 Å². The predicted molar refractivity (Wildman–Crippen MR) is 119 cm³/mol. The fourth-order valence-corrected chi connectivity index (χ4v) is 3.69. The van der Waals surface area contributed by atoms with Crippen molar-refractivity contribution in [2.75, 3.05) is 25.3 Å². The van der Waals surface area contributed by atoms with Crippen molar-refractivity contribution in [3.8, 4) is 17.0 Å². The molecular formula is C22H28N4O2S. The maximum absolute atomic E-state index is 12.9. The standard InChI is InChI=1S/C22H28N4O2S/c1-6-25(7-2)20(27)13-19-21(17-8-10-18(11-9-17)28-14-29-5)24-26-16(4)12-15(3)23-22(19)26/h8-12H,6-7,13-14H2,1-5H3. The van der Waals surface area contributed by atoms with Gasteiger partial charge in [0.2, 0.25) is 5.91 Å². The zero-order valence-electron chi connectivity index (χ0n) is 17.7. The van der Waals surface area contributed by atoms with E-state index in [-0.39, 0.29) is 12.3 Å². The maximum Gasteiger partial charge on any atom is 0.227 e.